The van der Waals surface area contributed by atoms with Gasteiger partial charge in [0, 0.05) is 31.4 Å². The minimum absolute atomic E-state index is 0. The van der Waals surface area contributed by atoms with Crippen molar-refractivity contribution in [2.24, 2.45) is 0 Å². The molecule has 1 amide bonds. The Morgan fingerprint density at radius 1 is 1.58 bits per heavy atom. The summed E-state index contributed by atoms with van der Waals surface area (Å²) < 4.78 is 13.0. The molecule has 2 N–H and O–H groups in total. The number of benzene rings is 1. The average molecular weight is 288 g/mol. The Kier molecular flexibility index (Phi) is 6.21. The van der Waals surface area contributed by atoms with Crippen molar-refractivity contribution < 1.29 is 9.18 Å². The van der Waals surface area contributed by atoms with E-state index in [-0.39, 0.29) is 24.1 Å². The lowest BCUT2D eigenvalue weighted by atomic mass is 10.2. The molecule has 0 spiro atoms. The number of rotatable bonds is 3. The molecule has 0 aliphatic carbocycles. The van der Waals surface area contributed by atoms with Gasteiger partial charge in [0.2, 0.25) is 5.91 Å². The van der Waals surface area contributed by atoms with Crippen LogP contribution >= 0.6 is 12.4 Å². The zero-order valence-corrected chi connectivity index (χ0v) is 11.7. The predicted molar refractivity (Wildman–Crippen MR) is 76.2 cm³/mol. The summed E-state index contributed by atoms with van der Waals surface area (Å²) >= 11 is 0. The van der Waals surface area contributed by atoms with Gasteiger partial charge in [-0.3, -0.25) is 9.69 Å². The number of carbonyl (C=O) groups is 1. The van der Waals surface area contributed by atoms with Crippen LogP contribution in [-0.2, 0) is 4.79 Å². The molecule has 0 radical (unpaired) electrons. The van der Waals surface area contributed by atoms with Gasteiger partial charge in [0.15, 0.2) is 0 Å². The Morgan fingerprint density at radius 2 is 2.37 bits per heavy atom. The van der Waals surface area contributed by atoms with Gasteiger partial charge >= 0.3 is 0 Å². The Hall–Kier alpha value is -1.17. The Morgan fingerprint density at radius 3 is 3.05 bits per heavy atom. The van der Waals surface area contributed by atoms with E-state index in [9.17, 15) is 9.18 Å². The van der Waals surface area contributed by atoms with E-state index in [1.165, 1.54) is 12.1 Å². The molecule has 1 saturated heterocycles. The van der Waals surface area contributed by atoms with Crippen molar-refractivity contribution in [1.29, 1.82) is 0 Å². The Labute approximate surface area is 118 Å². The molecule has 1 atom stereocenters. The number of piperazine rings is 1. The molecule has 1 aromatic carbocycles. The first-order valence-electron chi connectivity index (χ1n) is 6.15. The largest absolute Gasteiger partial charge is 0.325 e. The maximum Gasteiger partial charge on any atom is 0.238 e. The van der Waals surface area contributed by atoms with Gasteiger partial charge in [0.25, 0.3) is 0 Å². The molecular weight excluding hydrogens is 269 g/mol. The molecule has 2 rings (SSSR count). The zero-order chi connectivity index (χ0) is 13.0. The third-order valence-corrected chi connectivity index (χ3v) is 3.09. The van der Waals surface area contributed by atoms with Crippen molar-refractivity contribution >= 4 is 24.0 Å². The lowest BCUT2D eigenvalue weighted by Gasteiger charge is -2.33. The second kappa shape index (κ2) is 7.43. The van der Waals surface area contributed by atoms with E-state index < -0.39 is 0 Å². The van der Waals surface area contributed by atoms with Crippen LogP contribution in [0.1, 0.15) is 6.92 Å². The van der Waals surface area contributed by atoms with Crippen LogP contribution in [0.25, 0.3) is 0 Å². The number of anilines is 1. The molecule has 4 nitrogen and oxygen atoms in total. The number of hydrogen-bond acceptors (Lipinski definition) is 3. The monoisotopic (exact) mass is 287 g/mol. The van der Waals surface area contributed by atoms with Crippen LogP contribution in [0, 0.1) is 5.82 Å². The molecule has 0 saturated carbocycles. The quantitative estimate of drug-likeness (QED) is 0.885. The first kappa shape index (κ1) is 15.9. The number of hydrogen-bond donors (Lipinski definition) is 2. The van der Waals surface area contributed by atoms with E-state index in [1.54, 1.807) is 12.1 Å². The fraction of sp³-hybridized carbons (Fsp3) is 0.462. The summed E-state index contributed by atoms with van der Waals surface area (Å²) in [6, 6.07) is 6.28. The molecule has 0 bridgehead atoms. The SMILES string of the molecule is C[C@@H]1CNCCN1CC(=O)Nc1cccc(F)c1.Cl. The van der Waals surface area contributed by atoms with Crippen LogP contribution in [0.3, 0.4) is 0 Å². The van der Waals surface area contributed by atoms with Crippen LogP contribution < -0.4 is 10.6 Å². The van der Waals surface area contributed by atoms with Crippen LogP contribution in [-0.4, -0.2) is 43.0 Å². The highest BCUT2D eigenvalue weighted by molar-refractivity contribution is 5.92. The molecule has 1 heterocycles. The van der Waals surface area contributed by atoms with E-state index >= 15 is 0 Å². The molecule has 1 aliphatic heterocycles. The maximum atomic E-state index is 13.0. The van der Waals surface area contributed by atoms with Crippen molar-refractivity contribution in [3.05, 3.63) is 30.1 Å². The van der Waals surface area contributed by atoms with E-state index in [4.69, 9.17) is 0 Å². The smallest absolute Gasteiger partial charge is 0.238 e. The third kappa shape index (κ3) is 4.78. The molecule has 1 fully saturated rings. The minimum Gasteiger partial charge on any atom is -0.325 e. The normalized spacial score (nSPS) is 19.6. The summed E-state index contributed by atoms with van der Waals surface area (Å²) in [4.78, 5) is 14.0. The third-order valence-electron chi connectivity index (χ3n) is 3.09. The number of carbonyl (C=O) groups excluding carboxylic acids is 1. The van der Waals surface area contributed by atoms with Gasteiger partial charge in [0.05, 0.1) is 6.54 Å². The Bertz CT molecular complexity index is 430. The highest BCUT2D eigenvalue weighted by Gasteiger charge is 2.20. The van der Waals surface area contributed by atoms with Gasteiger partial charge in [-0.05, 0) is 25.1 Å². The fourth-order valence-corrected chi connectivity index (χ4v) is 2.07. The van der Waals surface area contributed by atoms with E-state index in [2.05, 4.69) is 22.5 Å². The summed E-state index contributed by atoms with van der Waals surface area (Å²) in [5, 5.41) is 5.98. The topological polar surface area (TPSA) is 44.4 Å². The molecule has 0 unspecified atom stereocenters. The number of nitrogens with one attached hydrogen (secondary N) is 2. The molecule has 106 valence electrons. The van der Waals surface area contributed by atoms with Crippen LogP contribution in [0.5, 0.6) is 0 Å². The second-order valence-electron chi connectivity index (χ2n) is 4.58. The predicted octanol–water partition coefficient (Wildman–Crippen LogP) is 1.48. The zero-order valence-electron chi connectivity index (χ0n) is 10.9. The molecule has 6 heteroatoms. The second-order valence-corrected chi connectivity index (χ2v) is 4.58. The van der Waals surface area contributed by atoms with Crippen molar-refractivity contribution in [2.45, 2.75) is 13.0 Å². The first-order chi connectivity index (χ1) is 8.65. The fourth-order valence-electron chi connectivity index (χ4n) is 2.07. The number of amides is 1. The van der Waals surface area contributed by atoms with Gasteiger partial charge in [-0.25, -0.2) is 4.39 Å². The molecular formula is C13H19ClFN3O. The summed E-state index contributed by atoms with van der Waals surface area (Å²) in [7, 11) is 0. The summed E-state index contributed by atoms with van der Waals surface area (Å²) in [6.45, 7) is 5.09. The average Bonchev–Trinajstić information content (AvgIpc) is 2.32. The van der Waals surface area contributed by atoms with E-state index in [1.807, 2.05) is 0 Å². The summed E-state index contributed by atoms with van der Waals surface area (Å²) in [6.07, 6.45) is 0. The van der Waals surface area contributed by atoms with Crippen LogP contribution in [0.2, 0.25) is 0 Å². The number of nitrogens with zero attached hydrogens (tertiary/aromatic N) is 1. The van der Waals surface area contributed by atoms with Gasteiger partial charge in [-0.2, -0.15) is 0 Å². The summed E-state index contributed by atoms with van der Waals surface area (Å²) in [5.74, 6) is -0.447. The molecule has 0 aromatic heterocycles. The standard InChI is InChI=1S/C13H18FN3O.ClH/c1-10-8-15-5-6-17(10)9-13(18)16-12-4-2-3-11(14)7-12;/h2-4,7,10,15H,5-6,8-9H2,1H3,(H,16,18);1H/t10-;/m1./s1. The van der Waals surface area contributed by atoms with Crippen molar-refractivity contribution in [1.82, 2.24) is 10.2 Å². The lowest BCUT2D eigenvalue weighted by molar-refractivity contribution is -0.118. The van der Waals surface area contributed by atoms with Crippen LogP contribution in [0.15, 0.2) is 24.3 Å². The minimum atomic E-state index is -0.344. The van der Waals surface area contributed by atoms with Gasteiger partial charge < -0.3 is 10.6 Å². The highest BCUT2D eigenvalue weighted by atomic mass is 35.5. The van der Waals surface area contributed by atoms with Gasteiger partial charge in [0.1, 0.15) is 5.82 Å². The molecule has 19 heavy (non-hydrogen) atoms. The number of halogens is 2. The van der Waals surface area contributed by atoms with Gasteiger partial charge in [-0.15, -0.1) is 12.4 Å². The van der Waals surface area contributed by atoms with Crippen molar-refractivity contribution in [3.63, 3.8) is 0 Å². The maximum absolute atomic E-state index is 13.0. The van der Waals surface area contributed by atoms with E-state index in [0.29, 0.717) is 18.3 Å². The van der Waals surface area contributed by atoms with E-state index in [0.717, 1.165) is 19.6 Å². The molecule has 1 aliphatic rings. The Balaban J connectivity index is 0.00000180. The summed E-state index contributed by atoms with van der Waals surface area (Å²) in [5.41, 5.74) is 0.503. The van der Waals surface area contributed by atoms with Crippen LogP contribution in [0.4, 0.5) is 10.1 Å². The first-order valence-corrected chi connectivity index (χ1v) is 6.15. The lowest BCUT2D eigenvalue weighted by Crippen LogP contribution is -2.51. The van der Waals surface area contributed by atoms with Crippen molar-refractivity contribution in [3.8, 4) is 0 Å². The van der Waals surface area contributed by atoms with Gasteiger partial charge in [-0.1, -0.05) is 6.07 Å². The highest BCUT2D eigenvalue weighted by Crippen LogP contribution is 2.09. The van der Waals surface area contributed by atoms with Crippen molar-refractivity contribution in [2.75, 3.05) is 31.5 Å². The molecule has 1 aromatic rings.